The average Bonchev–Trinajstić information content (AvgIpc) is 2.26. The summed E-state index contributed by atoms with van der Waals surface area (Å²) in [6.07, 6.45) is -0.0775. The number of nitro benzene ring substituents is 1. The van der Waals surface area contributed by atoms with Gasteiger partial charge in [0.2, 0.25) is 6.54 Å². The quantitative estimate of drug-likeness (QED) is 0.568. The average molecular weight is 252 g/mol. The van der Waals surface area contributed by atoms with Gasteiger partial charge in [0.05, 0.1) is 10.8 Å². The Hall–Kier alpha value is -2.31. The van der Waals surface area contributed by atoms with E-state index in [1.807, 2.05) is 0 Å². The molecule has 1 aromatic carbocycles. The number of nitrogens with zero attached hydrogens (tertiary/aromatic N) is 2. The molecule has 1 rings (SSSR count). The van der Waals surface area contributed by atoms with Gasteiger partial charge < -0.3 is 4.79 Å². The van der Waals surface area contributed by atoms with Crippen molar-refractivity contribution in [3.63, 3.8) is 0 Å². The Morgan fingerprint density at radius 2 is 1.89 bits per heavy atom. The fraction of sp³-hybridized carbons (Fsp3) is 0.364. The summed E-state index contributed by atoms with van der Waals surface area (Å²) in [6.45, 7) is 0.812. The van der Waals surface area contributed by atoms with Gasteiger partial charge in [-0.15, -0.1) is 0 Å². The zero-order valence-electron chi connectivity index (χ0n) is 9.74. The molecule has 0 amide bonds. The summed E-state index contributed by atoms with van der Waals surface area (Å²) >= 11 is 0. The van der Waals surface area contributed by atoms with Crippen LogP contribution in [0.25, 0.3) is 0 Å². The van der Waals surface area contributed by atoms with Gasteiger partial charge in [0, 0.05) is 23.0 Å². The van der Waals surface area contributed by atoms with Crippen LogP contribution in [-0.2, 0) is 4.79 Å². The van der Waals surface area contributed by atoms with Crippen molar-refractivity contribution in [2.75, 3.05) is 6.54 Å². The minimum Gasteiger partial charge on any atom is -0.300 e. The molecule has 7 heteroatoms. The lowest BCUT2D eigenvalue weighted by atomic mass is 9.93. The third-order valence-corrected chi connectivity index (χ3v) is 2.48. The Balaban J connectivity index is 3.15. The number of carbonyl (C=O) groups is 1. The van der Waals surface area contributed by atoms with Crippen LogP contribution >= 0.6 is 0 Å². The molecule has 0 saturated carbocycles. The van der Waals surface area contributed by atoms with Crippen molar-refractivity contribution in [3.05, 3.63) is 50.1 Å². The van der Waals surface area contributed by atoms with E-state index in [1.165, 1.54) is 25.1 Å². The Kier molecular flexibility index (Phi) is 4.47. The fourth-order valence-electron chi connectivity index (χ4n) is 1.80. The first kappa shape index (κ1) is 13.8. The zero-order valence-corrected chi connectivity index (χ0v) is 9.74. The number of ketones is 1. The third kappa shape index (κ3) is 3.62. The van der Waals surface area contributed by atoms with Crippen molar-refractivity contribution in [2.45, 2.75) is 19.3 Å². The van der Waals surface area contributed by atoms with E-state index >= 15 is 0 Å². The minimum atomic E-state index is -0.765. The van der Waals surface area contributed by atoms with Crippen LogP contribution in [0.4, 0.5) is 5.69 Å². The van der Waals surface area contributed by atoms with Gasteiger partial charge in [-0.25, -0.2) is 0 Å². The van der Waals surface area contributed by atoms with E-state index in [0.717, 1.165) is 0 Å². The summed E-state index contributed by atoms with van der Waals surface area (Å²) in [5.41, 5.74) is 0.0417. The van der Waals surface area contributed by atoms with Gasteiger partial charge in [0.1, 0.15) is 5.78 Å². The summed E-state index contributed by atoms with van der Waals surface area (Å²) in [7, 11) is 0. The highest BCUT2D eigenvalue weighted by Crippen LogP contribution is 2.29. The summed E-state index contributed by atoms with van der Waals surface area (Å²) in [6, 6.07) is 5.78. The van der Waals surface area contributed by atoms with E-state index in [0.29, 0.717) is 0 Å². The van der Waals surface area contributed by atoms with E-state index in [-0.39, 0.29) is 23.5 Å². The van der Waals surface area contributed by atoms with Crippen LogP contribution < -0.4 is 0 Å². The van der Waals surface area contributed by atoms with Crippen molar-refractivity contribution < 1.29 is 14.6 Å². The normalized spacial score (nSPS) is 11.8. The van der Waals surface area contributed by atoms with Gasteiger partial charge in [0.15, 0.2) is 0 Å². The van der Waals surface area contributed by atoms with E-state index in [1.54, 1.807) is 6.07 Å². The van der Waals surface area contributed by atoms with Gasteiger partial charge in [-0.3, -0.25) is 20.2 Å². The first-order chi connectivity index (χ1) is 8.41. The molecule has 0 aliphatic rings. The van der Waals surface area contributed by atoms with E-state index in [4.69, 9.17) is 0 Å². The van der Waals surface area contributed by atoms with Gasteiger partial charge >= 0.3 is 0 Å². The second kappa shape index (κ2) is 5.85. The predicted octanol–water partition coefficient (Wildman–Crippen LogP) is 1.93. The number of para-hydroxylation sites is 1. The molecule has 1 aromatic rings. The Labute approximate surface area is 103 Å². The third-order valence-electron chi connectivity index (χ3n) is 2.48. The summed E-state index contributed by atoms with van der Waals surface area (Å²) in [5.74, 6) is -1.00. The van der Waals surface area contributed by atoms with Gasteiger partial charge in [-0.1, -0.05) is 18.2 Å². The number of rotatable bonds is 6. The molecule has 0 fully saturated rings. The smallest absolute Gasteiger partial charge is 0.273 e. The number of nitro groups is 2. The molecule has 0 bridgehead atoms. The molecule has 0 radical (unpaired) electrons. The molecule has 0 saturated heterocycles. The lowest BCUT2D eigenvalue weighted by molar-refractivity contribution is -0.483. The van der Waals surface area contributed by atoms with Crippen molar-refractivity contribution >= 4 is 11.5 Å². The molecule has 0 aromatic heterocycles. The van der Waals surface area contributed by atoms with Crippen molar-refractivity contribution in [1.29, 1.82) is 0 Å². The van der Waals surface area contributed by atoms with E-state index in [9.17, 15) is 25.0 Å². The van der Waals surface area contributed by atoms with Crippen molar-refractivity contribution in [2.24, 2.45) is 0 Å². The van der Waals surface area contributed by atoms with Crippen molar-refractivity contribution in [1.82, 2.24) is 0 Å². The molecule has 7 nitrogen and oxygen atoms in total. The second-order valence-corrected chi connectivity index (χ2v) is 3.93. The molecule has 18 heavy (non-hydrogen) atoms. The maximum absolute atomic E-state index is 11.1. The molecular formula is C11H12N2O5. The molecule has 1 atom stereocenters. The van der Waals surface area contributed by atoms with E-state index in [2.05, 4.69) is 0 Å². The van der Waals surface area contributed by atoms with Crippen LogP contribution in [-0.4, -0.2) is 22.2 Å². The lowest BCUT2D eigenvalue weighted by Crippen LogP contribution is -2.16. The number of benzene rings is 1. The molecule has 96 valence electrons. The van der Waals surface area contributed by atoms with Crippen LogP contribution in [0.15, 0.2) is 24.3 Å². The van der Waals surface area contributed by atoms with Crippen LogP contribution in [0.5, 0.6) is 0 Å². The lowest BCUT2D eigenvalue weighted by Gasteiger charge is -2.11. The zero-order chi connectivity index (χ0) is 13.7. The van der Waals surface area contributed by atoms with Crippen LogP contribution in [0.3, 0.4) is 0 Å². The Morgan fingerprint density at radius 1 is 1.28 bits per heavy atom. The molecule has 0 heterocycles. The number of carbonyl (C=O) groups excluding carboxylic acids is 1. The Bertz CT molecular complexity index is 470. The molecular weight excluding hydrogens is 240 g/mol. The highest BCUT2D eigenvalue weighted by atomic mass is 16.6. The summed E-state index contributed by atoms with van der Waals surface area (Å²) in [5, 5.41) is 21.4. The standard InChI is InChI=1S/C11H12N2O5/c1-8(14)6-9(7-12(15)16)10-4-2-3-5-11(10)13(17)18/h2-5,9H,6-7H2,1H3. The van der Waals surface area contributed by atoms with E-state index < -0.39 is 22.3 Å². The predicted molar refractivity (Wildman–Crippen MR) is 63.0 cm³/mol. The second-order valence-electron chi connectivity index (χ2n) is 3.93. The first-order valence-electron chi connectivity index (χ1n) is 5.26. The summed E-state index contributed by atoms with van der Waals surface area (Å²) < 4.78 is 0. The van der Waals surface area contributed by atoms with Crippen LogP contribution in [0, 0.1) is 20.2 Å². The van der Waals surface area contributed by atoms with Crippen LogP contribution in [0.2, 0.25) is 0 Å². The maximum Gasteiger partial charge on any atom is 0.273 e. The minimum absolute atomic E-state index is 0.0775. The van der Waals surface area contributed by atoms with Crippen molar-refractivity contribution in [3.8, 4) is 0 Å². The number of Topliss-reactive ketones (excluding diaryl/α,β-unsaturated/α-hetero) is 1. The highest BCUT2D eigenvalue weighted by molar-refractivity contribution is 5.76. The molecule has 1 unspecified atom stereocenters. The molecule has 0 N–H and O–H groups in total. The SMILES string of the molecule is CC(=O)CC(C[N+](=O)[O-])c1ccccc1[N+](=O)[O-]. The number of hydrogen-bond acceptors (Lipinski definition) is 5. The summed E-state index contributed by atoms with van der Waals surface area (Å²) in [4.78, 5) is 31.4. The fourth-order valence-corrected chi connectivity index (χ4v) is 1.80. The maximum atomic E-state index is 11.1. The van der Waals surface area contributed by atoms with Gasteiger partial charge in [0.25, 0.3) is 5.69 Å². The monoisotopic (exact) mass is 252 g/mol. The molecule has 0 aliphatic heterocycles. The van der Waals surface area contributed by atoms with Crippen LogP contribution in [0.1, 0.15) is 24.8 Å². The topological polar surface area (TPSA) is 103 Å². The molecule has 0 aliphatic carbocycles. The Morgan fingerprint density at radius 3 is 2.39 bits per heavy atom. The van der Waals surface area contributed by atoms with Gasteiger partial charge in [-0.2, -0.15) is 0 Å². The largest absolute Gasteiger partial charge is 0.300 e. The first-order valence-corrected chi connectivity index (χ1v) is 5.26. The highest BCUT2D eigenvalue weighted by Gasteiger charge is 2.26. The van der Waals surface area contributed by atoms with Gasteiger partial charge in [-0.05, 0) is 6.92 Å². The number of hydrogen-bond donors (Lipinski definition) is 0. The molecule has 0 spiro atoms.